The topological polar surface area (TPSA) is 3.24 Å². The maximum atomic E-state index is 2.51. The van der Waals surface area contributed by atoms with Crippen molar-refractivity contribution in [3.05, 3.63) is 211 Å². The van der Waals surface area contributed by atoms with Crippen molar-refractivity contribution < 1.29 is 0 Å². The summed E-state index contributed by atoms with van der Waals surface area (Å²) in [5, 5.41) is 4.94. The molecule has 0 amide bonds. The molecule has 0 aromatic heterocycles. The van der Waals surface area contributed by atoms with Gasteiger partial charge in [-0.3, -0.25) is 0 Å². The van der Waals surface area contributed by atoms with Crippen LogP contribution in [0.4, 0.5) is 17.1 Å². The van der Waals surface area contributed by atoms with Gasteiger partial charge in [-0.15, -0.1) is 0 Å². The summed E-state index contributed by atoms with van der Waals surface area (Å²) in [7, 11) is 0. The molecular formula is C53H39N. The fourth-order valence-corrected chi connectivity index (χ4v) is 8.74. The Hall–Kier alpha value is -6.70. The summed E-state index contributed by atoms with van der Waals surface area (Å²) in [6.07, 6.45) is 0. The summed E-state index contributed by atoms with van der Waals surface area (Å²) >= 11 is 0. The maximum Gasteiger partial charge on any atom is 0.0546 e. The first-order valence-electron chi connectivity index (χ1n) is 18.8. The van der Waals surface area contributed by atoms with Gasteiger partial charge in [-0.2, -0.15) is 0 Å². The Morgan fingerprint density at radius 2 is 0.833 bits per heavy atom. The molecule has 1 aliphatic carbocycles. The Morgan fingerprint density at radius 1 is 0.333 bits per heavy atom. The third kappa shape index (κ3) is 5.24. The van der Waals surface area contributed by atoms with E-state index in [1.54, 1.807) is 0 Å². The van der Waals surface area contributed by atoms with E-state index < -0.39 is 0 Å². The molecular weight excluding hydrogens is 651 g/mol. The molecule has 0 aliphatic heterocycles. The van der Waals surface area contributed by atoms with Crippen molar-refractivity contribution in [3.8, 4) is 44.5 Å². The van der Waals surface area contributed by atoms with Crippen LogP contribution in [0.1, 0.15) is 25.0 Å². The number of rotatable bonds is 6. The monoisotopic (exact) mass is 689 g/mol. The van der Waals surface area contributed by atoms with Gasteiger partial charge in [0.2, 0.25) is 0 Å². The van der Waals surface area contributed by atoms with E-state index in [1.807, 2.05) is 0 Å². The lowest BCUT2D eigenvalue weighted by atomic mass is 9.82. The predicted molar refractivity (Wildman–Crippen MR) is 230 cm³/mol. The molecule has 256 valence electrons. The van der Waals surface area contributed by atoms with Gasteiger partial charge in [-0.1, -0.05) is 178 Å². The van der Waals surface area contributed by atoms with Crippen LogP contribution in [-0.2, 0) is 5.41 Å². The highest BCUT2D eigenvalue weighted by molar-refractivity contribution is 6.03. The molecule has 0 N–H and O–H groups in total. The van der Waals surface area contributed by atoms with Crippen LogP contribution in [0.25, 0.3) is 66.1 Å². The number of benzene rings is 9. The molecule has 1 nitrogen and oxygen atoms in total. The average molecular weight is 690 g/mol. The van der Waals surface area contributed by atoms with Crippen molar-refractivity contribution in [2.24, 2.45) is 0 Å². The van der Waals surface area contributed by atoms with Crippen LogP contribution in [-0.4, -0.2) is 0 Å². The summed E-state index contributed by atoms with van der Waals surface area (Å²) < 4.78 is 0. The van der Waals surface area contributed by atoms with E-state index in [0.717, 1.165) is 11.4 Å². The molecule has 54 heavy (non-hydrogen) atoms. The van der Waals surface area contributed by atoms with Gasteiger partial charge >= 0.3 is 0 Å². The summed E-state index contributed by atoms with van der Waals surface area (Å²) in [6, 6.07) is 73.6. The van der Waals surface area contributed by atoms with Gasteiger partial charge in [0.05, 0.1) is 11.4 Å². The van der Waals surface area contributed by atoms with Crippen molar-refractivity contribution in [3.63, 3.8) is 0 Å². The molecule has 9 aromatic rings. The van der Waals surface area contributed by atoms with Crippen LogP contribution in [0.2, 0.25) is 0 Å². The number of fused-ring (bicyclic) bond motifs is 5. The molecule has 10 rings (SSSR count). The Labute approximate surface area is 317 Å². The zero-order valence-electron chi connectivity index (χ0n) is 30.5. The van der Waals surface area contributed by atoms with Crippen LogP contribution >= 0.6 is 0 Å². The molecule has 0 spiro atoms. The molecule has 0 atom stereocenters. The fraction of sp³-hybridized carbons (Fsp3) is 0.0566. The molecule has 1 aliphatic rings. The smallest absolute Gasteiger partial charge is 0.0546 e. The lowest BCUT2D eigenvalue weighted by molar-refractivity contribution is 0.660. The van der Waals surface area contributed by atoms with E-state index in [1.165, 1.54) is 82.9 Å². The lowest BCUT2D eigenvalue weighted by Gasteiger charge is -2.31. The van der Waals surface area contributed by atoms with Gasteiger partial charge in [-0.05, 0) is 102 Å². The molecule has 0 fully saturated rings. The van der Waals surface area contributed by atoms with E-state index >= 15 is 0 Å². The standard InChI is InChI=1S/C53H39N/c1-53(2)47-22-11-10-20-46(47)52-48(53)23-13-25-50(52)54(44-32-30-39(31-33-44)36-14-4-3-5-15-36)49-24-12-21-45(42-28-26-37-16-6-8-18-40(37)34-42)51(49)43-29-27-38-17-7-9-19-41(38)35-43/h3-35H,1-2H3. The van der Waals surface area contributed by atoms with Gasteiger partial charge in [0, 0.05) is 22.2 Å². The summed E-state index contributed by atoms with van der Waals surface area (Å²) in [4.78, 5) is 2.51. The third-order valence-electron chi connectivity index (χ3n) is 11.4. The van der Waals surface area contributed by atoms with Crippen LogP contribution in [0.3, 0.4) is 0 Å². The Kier molecular flexibility index (Phi) is 7.56. The zero-order chi connectivity index (χ0) is 36.2. The summed E-state index contributed by atoms with van der Waals surface area (Å²) in [5.74, 6) is 0. The highest BCUT2D eigenvalue weighted by Gasteiger charge is 2.38. The Bertz CT molecular complexity index is 2850. The highest BCUT2D eigenvalue weighted by Crippen LogP contribution is 2.55. The van der Waals surface area contributed by atoms with Crippen LogP contribution < -0.4 is 4.90 Å². The van der Waals surface area contributed by atoms with Crippen molar-refractivity contribution in [2.75, 3.05) is 4.90 Å². The lowest BCUT2D eigenvalue weighted by Crippen LogP contribution is -2.16. The second-order valence-corrected chi connectivity index (χ2v) is 14.9. The summed E-state index contributed by atoms with van der Waals surface area (Å²) in [6.45, 7) is 4.72. The van der Waals surface area contributed by atoms with Gasteiger partial charge in [0.1, 0.15) is 0 Å². The minimum Gasteiger partial charge on any atom is -0.309 e. The van der Waals surface area contributed by atoms with E-state index in [0.29, 0.717) is 0 Å². The van der Waals surface area contributed by atoms with Gasteiger partial charge < -0.3 is 4.90 Å². The number of hydrogen-bond donors (Lipinski definition) is 0. The first kappa shape index (κ1) is 32.0. The van der Waals surface area contributed by atoms with Crippen LogP contribution in [0.15, 0.2) is 200 Å². The molecule has 1 heteroatoms. The molecule has 0 heterocycles. The molecule has 0 bridgehead atoms. The predicted octanol–water partition coefficient (Wildman–Crippen LogP) is 14.8. The average Bonchev–Trinajstić information content (AvgIpc) is 3.47. The summed E-state index contributed by atoms with van der Waals surface area (Å²) in [5.41, 5.74) is 15.8. The molecule has 0 saturated carbocycles. The minimum absolute atomic E-state index is 0.126. The van der Waals surface area contributed by atoms with E-state index in [9.17, 15) is 0 Å². The van der Waals surface area contributed by atoms with E-state index in [-0.39, 0.29) is 5.41 Å². The largest absolute Gasteiger partial charge is 0.309 e. The number of nitrogens with zero attached hydrogens (tertiary/aromatic N) is 1. The first-order valence-corrected chi connectivity index (χ1v) is 18.8. The quantitative estimate of drug-likeness (QED) is 0.168. The molecule has 9 aromatic carbocycles. The van der Waals surface area contributed by atoms with Crippen molar-refractivity contribution >= 4 is 38.6 Å². The Morgan fingerprint density at radius 3 is 1.56 bits per heavy atom. The van der Waals surface area contributed by atoms with E-state index in [4.69, 9.17) is 0 Å². The van der Waals surface area contributed by atoms with Gasteiger partial charge in [-0.25, -0.2) is 0 Å². The fourth-order valence-electron chi connectivity index (χ4n) is 8.74. The minimum atomic E-state index is -0.126. The molecule has 0 saturated heterocycles. The number of hydrogen-bond acceptors (Lipinski definition) is 1. The maximum absolute atomic E-state index is 2.51. The second kappa shape index (κ2) is 12.8. The van der Waals surface area contributed by atoms with Gasteiger partial charge in [0.15, 0.2) is 0 Å². The SMILES string of the molecule is CC1(C)c2ccccc2-c2c(N(c3ccc(-c4ccccc4)cc3)c3cccc(-c4ccc5ccccc5c4)c3-c3ccc4ccccc4c3)cccc21. The van der Waals surface area contributed by atoms with E-state index in [2.05, 4.69) is 219 Å². The van der Waals surface area contributed by atoms with Crippen molar-refractivity contribution in [2.45, 2.75) is 19.3 Å². The van der Waals surface area contributed by atoms with Gasteiger partial charge in [0.25, 0.3) is 0 Å². The normalized spacial score (nSPS) is 12.8. The third-order valence-corrected chi connectivity index (χ3v) is 11.4. The van der Waals surface area contributed by atoms with Crippen molar-refractivity contribution in [1.82, 2.24) is 0 Å². The second-order valence-electron chi connectivity index (χ2n) is 14.9. The molecule has 0 radical (unpaired) electrons. The van der Waals surface area contributed by atoms with Crippen LogP contribution in [0, 0.1) is 0 Å². The Balaban J connectivity index is 1.28. The molecule has 0 unspecified atom stereocenters. The zero-order valence-corrected chi connectivity index (χ0v) is 30.5. The van der Waals surface area contributed by atoms with Crippen LogP contribution in [0.5, 0.6) is 0 Å². The number of anilines is 3. The first-order chi connectivity index (χ1) is 26.5. The van der Waals surface area contributed by atoms with Crippen molar-refractivity contribution in [1.29, 1.82) is 0 Å². The highest BCUT2D eigenvalue weighted by atomic mass is 15.1.